The first kappa shape index (κ1) is 20.6. The van der Waals surface area contributed by atoms with Crippen LogP contribution in [0.5, 0.6) is 0 Å². The van der Waals surface area contributed by atoms with Gasteiger partial charge >= 0.3 is 0 Å². The molecule has 2 aliphatic rings. The van der Waals surface area contributed by atoms with Gasteiger partial charge in [0, 0.05) is 30.7 Å². The van der Waals surface area contributed by atoms with E-state index in [1.54, 1.807) is 11.6 Å². The van der Waals surface area contributed by atoms with Crippen molar-refractivity contribution in [1.29, 1.82) is 0 Å². The zero-order valence-electron chi connectivity index (χ0n) is 18.3. The normalized spacial score (nSPS) is 25.7. The van der Waals surface area contributed by atoms with E-state index in [1.807, 2.05) is 38.7 Å². The van der Waals surface area contributed by atoms with Crippen molar-refractivity contribution in [3.8, 4) is 0 Å². The molecule has 1 N–H and O–H groups in total. The summed E-state index contributed by atoms with van der Waals surface area (Å²) in [6.07, 6.45) is 1.47. The average Bonchev–Trinajstić information content (AvgIpc) is 3.38. The number of carbonyl (C=O) groups is 2. The van der Waals surface area contributed by atoms with Crippen molar-refractivity contribution >= 4 is 11.8 Å². The first-order chi connectivity index (χ1) is 14.2. The van der Waals surface area contributed by atoms with Gasteiger partial charge in [0.25, 0.3) is 0 Å². The van der Waals surface area contributed by atoms with Crippen LogP contribution in [0.4, 0.5) is 0 Å². The topological polar surface area (TPSA) is 106 Å². The summed E-state index contributed by atoms with van der Waals surface area (Å²) in [4.78, 5) is 31.7. The molecule has 0 spiro atoms. The highest BCUT2D eigenvalue weighted by Gasteiger charge is 2.58. The number of hydrogen-bond acceptors (Lipinski definition) is 6. The van der Waals surface area contributed by atoms with Crippen LogP contribution < -0.4 is 5.32 Å². The van der Waals surface area contributed by atoms with Crippen LogP contribution in [0.1, 0.15) is 49.8 Å². The van der Waals surface area contributed by atoms with E-state index >= 15 is 0 Å². The highest BCUT2D eigenvalue weighted by Crippen LogP contribution is 2.50. The van der Waals surface area contributed by atoms with Crippen LogP contribution in [0.25, 0.3) is 0 Å². The van der Waals surface area contributed by atoms with Gasteiger partial charge in [-0.15, -0.1) is 0 Å². The molecule has 1 aliphatic carbocycles. The predicted octanol–water partition coefficient (Wildman–Crippen LogP) is 1.52. The summed E-state index contributed by atoms with van der Waals surface area (Å²) in [6.45, 7) is 10.9. The van der Waals surface area contributed by atoms with Crippen molar-refractivity contribution in [3.05, 3.63) is 29.2 Å². The Labute approximate surface area is 176 Å². The van der Waals surface area contributed by atoms with Gasteiger partial charge < -0.3 is 14.7 Å². The summed E-state index contributed by atoms with van der Waals surface area (Å²) in [7, 11) is 0. The van der Waals surface area contributed by atoms with E-state index in [9.17, 15) is 9.59 Å². The molecule has 9 nitrogen and oxygen atoms in total. The summed E-state index contributed by atoms with van der Waals surface area (Å²) < 4.78 is 7.31. The molecule has 3 atom stereocenters. The Hall–Kier alpha value is -2.71. The molecule has 0 bridgehead atoms. The molecule has 0 radical (unpaired) electrons. The van der Waals surface area contributed by atoms with Gasteiger partial charge in [0.05, 0.1) is 11.1 Å². The van der Waals surface area contributed by atoms with Crippen molar-refractivity contribution in [2.45, 2.75) is 65.5 Å². The second kappa shape index (κ2) is 7.52. The first-order valence-corrected chi connectivity index (χ1v) is 10.6. The Morgan fingerprint density at radius 2 is 2.10 bits per heavy atom. The predicted molar refractivity (Wildman–Crippen MR) is 108 cm³/mol. The lowest BCUT2D eigenvalue weighted by atomic mass is 9.80. The molecular weight excluding hydrogens is 384 g/mol. The van der Waals surface area contributed by atoms with Gasteiger partial charge in [0.2, 0.25) is 17.7 Å². The van der Waals surface area contributed by atoms with Gasteiger partial charge in [-0.1, -0.05) is 19.0 Å². The van der Waals surface area contributed by atoms with Crippen molar-refractivity contribution < 1.29 is 14.1 Å². The lowest BCUT2D eigenvalue weighted by molar-refractivity contribution is -0.134. The van der Waals surface area contributed by atoms with Gasteiger partial charge in [-0.2, -0.15) is 10.1 Å². The largest absolute Gasteiger partial charge is 0.352 e. The number of hydrogen-bond donors (Lipinski definition) is 1. The number of fused-ring (bicyclic) bond motifs is 1. The zero-order valence-corrected chi connectivity index (χ0v) is 18.3. The zero-order chi connectivity index (χ0) is 21.6. The molecule has 1 saturated carbocycles. The maximum absolute atomic E-state index is 12.7. The highest BCUT2D eigenvalue weighted by molar-refractivity contribution is 5.79. The Kier molecular flexibility index (Phi) is 5.15. The smallest absolute Gasteiger partial charge is 0.241 e. The molecule has 2 fully saturated rings. The van der Waals surface area contributed by atoms with Gasteiger partial charge in [0.15, 0.2) is 5.82 Å². The lowest BCUT2D eigenvalue weighted by Crippen LogP contribution is -2.41. The molecule has 9 heteroatoms. The Morgan fingerprint density at radius 1 is 1.33 bits per heavy atom. The van der Waals surface area contributed by atoms with Crippen LogP contribution >= 0.6 is 0 Å². The van der Waals surface area contributed by atoms with E-state index in [0.29, 0.717) is 31.2 Å². The molecule has 4 rings (SSSR count). The van der Waals surface area contributed by atoms with Crippen molar-refractivity contribution in [2.75, 3.05) is 13.1 Å². The first-order valence-electron chi connectivity index (χ1n) is 10.6. The number of nitrogens with zero attached hydrogens (tertiary/aromatic N) is 5. The fourth-order valence-corrected chi connectivity index (χ4v) is 5.09. The fourth-order valence-electron chi connectivity index (χ4n) is 5.09. The van der Waals surface area contributed by atoms with Crippen LogP contribution in [0.2, 0.25) is 0 Å². The Bertz CT molecular complexity index is 964. The molecule has 2 amide bonds. The van der Waals surface area contributed by atoms with Crippen molar-refractivity contribution in [1.82, 2.24) is 30.1 Å². The molecule has 0 aromatic carbocycles. The van der Waals surface area contributed by atoms with Gasteiger partial charge in [0.1, 0.15) is 6.54 Å². The number of carbonyl (C=O) groups excluding carboxylic acids is 2. The molecule has 2 aromatic heterocycles. The van der Waals surface area contributed by atoms with Gasteiger partial charge in [-0.05, 0) is 45.6 Å². The van der Waals surface area contributed by atoms with E-state index in [4.69, 9.17) is 4.52 Å². The van der Waals surface area contributed by atoms with E-state index in [0.717, 1.165) is 17.8 Å². The highest BCUT2D eigenvalue weighted by atomic mass is 16.5. The maximum atomic E-state index is 12.7. The minimum Gasteiger partial charge on any atom is -0.352 e. The number of aryl methyl sites for hydroxylation is 3. The second-order valence-corrected chi connectivity index (χ2v) is 9.16. The summed E-state index contributed by atoms with van der Waals surface area (Å²) in [6, 6.07) is 1.96. The quantitative estimate of drug-likeness (QED) is 0.795. The van der Waals surface area contributed by atoms with Crippen LogP contribution in [-0.2, 0) is 21.5 Å². The monoisotopic (exact) mass is 414 g/mol. The third kappa shape index (κ3) is 3.61. The molecule has 162 valence electrons. The second-order valence-electron chi connectivity index (χ2n) is 9.16. The molecule has 1 saturated heterocycles. The molecule has 30 heavy (non-hydrogen) atoms. The molecule has 3 heterocycles. The molecule has 2 aromatic rings. The van der Waals surface area contributed by atoms with Gasteiger partial charge in [-0.3, -0.25) is 14.3 Å². The minimum absolute atomic E-state index is 0.00275. The van der Waals surface area contributed by atoms with E-state index in [-0.39, 0.29) is 36.2 Å². The SMILES string of the molecule is Cc1cc(C)n(CC(=O)N[C@@H]2C[C@H]3CN(C(=O)C(C)C)C[C@@]3(c3nc(C)no3)C2)n1. The van der Waals surface area contributed by atoms with Crippen LogP contribution in [0.15, 0.2) is 10.6 Å². The molecule has 1 aliphatic heterocycles. The van der Waals surface area contributed by atoms with Crippen molar-refractivity contribution in [2.24, 2.45) is 11.8 Å². The number of rotatable bonds is 5. The fraction of sp³-hybridized carbons (Fsp3) is 0.667. The number of likely N-dealkylation sites (tertiary alicyclic amines) is 1. The van der Waals surface area contributed by atoms with Crippen LogP contribution in [0.3, 0.4) is 0 Å². The van der Waals surface area contributed by atoms with Gasteiger partial charge in [-0.25, -0.2) is 0 Å². The average molecular weight is 415 g/mol. The summed E-state index contributed by atoms with van der Waals surface area (Å²) in [5, 5.41) is 11.5. The summed E-state index contributed by atoms with van der Waals surface area (Å²) in [5.41, 5.74) is 1.46. The van der Waals surface area contributed by atoms with Crippen molar-refractivity contribution in [3.63, 3.8) is 0 Å². The summed E-state index contributed by atoms with van der Waals surface area (Å²) >= 11 is 0. The number of amides is 2. The van der Waals surface area contributed by atoms with E-state index in [1.165, 1.54) is 0 Å². The van der Waals surface area contributed by atoms with Crippen LogP contribution in [0, 0.1) is 32.6 Å². The maximum Gasteiger partial charge on any atom is 0.241 e. The minimum atomic E-state index is -0.401. The summed E-state index contributed by atoms with van der Waals surface area (Å²) in [5.74, 6) is 1.38. The van der Waals surface area contributed by atoms with Crippen LogP contribution in [-0.4, -0.2) is 55.8 Å². The molecular formula is C21H30N6O3. The van der Waals surface area contributed by atoms with E-state index in [2.05, 4.69) is 20.6 Å². The number of nitrogens with one attached hydrogen (secondary N) is 1. The third-order valence-corrected chi connectivity index (χ3v) is 6.40. The Balaban J connectivity index is 1.50. The third-order valence-electron chi connectivity index (χ3n) is 6.40. The van der Waals surface area contributed by atoms with E-state index < -0.39 is 5.41 Å². The number of aromatic nitrogens is 4. The Morgan fingerprint density at radius 3 is 2.70 bits per heavy atom. The standard InChI is InChI=1S/C21H30N6O3/c1-12(2)19(29)26-9-16-7-17(8-21(16,11-26)20-22-15(5)25-30-20)23-18(28)10-27-14(4)6-13(3)24-27/h6,12,16-17H,7-11H2,1-5H3,(H,23,28)/t16-,17+,21-/m0/s1. The molecule has 0 unspecified atom stereocenters. The lowest BCUT2D eigenvalue weighted by Gasteiger charge is -2.26.